The zero-order chi connectivity index (χ0) is 26.5. The quantitative estimate of drug-likeness (QED) is 0.0666. The van der Waals surface area contributed by atoms with Crippen molar-refractivity contribution in [2.75, 3.05) is 13.2 Å². The minimum absolute atomic E-state index is 0.0594. The summed E-state index contributed by atoms with van der Waals surface area (Å²) < 4.78 is 4.64. The van der Waals surface area contributed by atoms with Crippen molar-refractivity contribution in [2.24, 2.45) is 5.73 Å². The van der Waals surface area contributed by atoms with E-state index >= 15 is 0 Å². The number of unbranched alkanes of at least 4 members (excludes halogenated alkanes) is 20. The largest absolute Gasteiger partial charge is 0.462 e. The van der Waals surface area contributed by atoms with E-state index in [2.05, 4.69) is 18.6 Å². The van der Waals surface area contributed by atoms with Gasteiger partial charge in [0.15, 0.2) is 0 Å². The molecule has 5 nitrogen and oxygen atoms in total. The summed E-state index contributed by atoms with van der Waals surface area (Å²) in [5.74, 6) is -3.24. The van der Waals surface area contributed by atoms with Crippen LogP contribution in [0.4, 0.5) is 0 Å². The molecule has 0 aliphatic heterocycles. The molecule has 0 aromatic rings. The van der Waals surface area contributed by atoms with Crippen molar-refractivity contribution in [3.63, 3.8) is 0 Å². The molecule has 35 heavy (non-hydrogen) atoms. The molecular weight excluding hydrogens is 438 g/mol. The first kappa shape index (κ1) is 36.5. The molecule has 0 aromatic carbocycles. The number of aliphatic hydroxyl groups is 2. The zero-order valence-corrected chi connectivity index (χ0v) is 24.0. The Morgan fingerprint density at radius 3 is 1.20 bits per heavy atom. The lowest BCUT2D eigenvalue weighted by molar-refractivity contribution is -0.211. The number of rotatable bonds is 25. The van der Waals surface area contributed by atoms with Crippen LogP contribution in [0.1, 0.15) is 168 Å². The topological polar surface area (TPSA) is 92.8 Å². The average Bonchev–Trinajstić information content (AvgIpc) is 2.84. The summed E-state index contributed by atoms with van der Waals surface area (Å²) in [5.41, 5.74) is 5.39. The molecule has 0 aliphatic rings. The van der Waals surface area contributed by atoms with Gasteiger partial charge in [0.1, 0.15) is 0 Å². The van der Waals surface area contributed by atoms with Crippen LogP contribution in [0.25, 0.3) is 0 Å². The highest BCUT2D eigenvalue weighted by Crippen LogP contribution is 2.17. The number of hydrogen-bond acceptors (Lipinski definition) is 5. The summed E-state index contributed by atoms with van der Waals surface area (Å²) >= 11 is 0. The van der Waals surface area contributed by atoms with Gasteiger partial charge in [0.2, 0.25) is 0 Å². The fraction of sp³-hybridized carbons (Fsp3) is 0.967. The number of carbonyl (C=O) groups excluding carboxylic acids is 1. The molecule has 0 radical (unpaired) electrons. The van der Waals surface area contributed by atoms with Crippen molar-refractivity contribution in [3.05, 3.63) is 0 Å². The van der Waals surface area contributed by atoms with Gasteiger partial charge in [0, 0.05) is 6.42 Å². The first-order chi connectivity index (χ1) is 17.0. The summed E-state index contributed by atoms with van der Waals surface area (Å²) in [5, 5.41) is 19.2. The molecule has 5 heteroatoms. The Hall–Kier alpha value is -0.650. The van der Waals surface area contributed by atoms with Gasteiger partial charge in [-0.05, 0) is 26.3 Å². The number of hydrogen-bond donors (Lipinski definition) is 3. The molecular formula is C30H63NO4. The third kappa shape index (κ3) is 29.5. The fourth-order valence-corrected chi connectivity index (χ4v) is 4.19. The number of nitrogens with two attached hydrogens (primary N) is 1. The molecule has 0 bridgehead atoms. The van der Waals surface area contributed by atoms with E-state index in [9.17, 15) is 15.0 Å². The van der Waals surface area contributed by atoms with Crippen molar-refractivity contribution >= 4 is 5.97 Å². The molecule has 0 spiro atoms. The van der Waals surface area contributed by atoms with Crippen molar-refractivity contribution in [1.29, 1.82) is 0 Å². The highest BCUT2D eigenvalue weighted by atomic mass is 16.6. The standard InChI is InChI=1S/C20H40O4.C10H23N/c1-3-5-6-7-8-9-10-11-12-13-14-15-16-17-18-20(22,23)19(21)24-4-2;1-2-3-4-5-6-7-8-9-10-11/h22-23H,3-18H2,1-2H3;2-11H2,1H3. The second kappa shape index (κ2) is 29.6. The molecule has 0 aromatic heterocycles. The molecule has 0 saturated heterocycles. The second-order valence-electron chi connectivity index (χ2n) is 10.1. The van der Waals surface area contributed by atoms with Crippen LogP contribution in [-0.4, -0.2) is 35.1 Å². The van der Waals surface area contributed by atoms with E-state index in [1.165, 1.54) is 122 Å². The Labute approximate surface area is 219 Å². The van der Waals surface area contributed by atoms with E-state index in [4.69, 9.17) is 5.73 Å². The van der Waals surface area contributed by atoms with E-state index in [1.807, 2.05) is 0 Å². The first-order valence-electron chi connectivity index (χ1n) is 15.3. The highest BCUT2D eigenvalue weighted by Gasteiger charge is 2.33. The van der Waals surface area contributed by atoms with E-state index in [0.29, 0.717) is 6.42 Å². The van der Waals surface area contributed by atoms with E-state index in [1.54, 1.807) is 6.92 Å². The van der Waals surface area contributed by atoms with Crippen LogP contribution < -0.4 is 5.73 Å². The fourth-order valence-electron chi connectivity index (χ4n) is 4.19. The van der Waals surface area contributed by atoms with Gasteiger partial charge in [-0.3, -0.25) is 0 Å². The Bertz CT molecular complexity index is 407. The predicted molar refractivity (Wildman–Crippen MR) is 150 cm³/mol. The smallest absolute Gasteiger partial charge is 0.366 e. The van der Waals surface area contributed by atoms with Gasteiger partial charge in [-0.2, -0.15) is 0 Å². The van der Waals surface area contributed by atoms with Crippen LogP contribution in [0.5, 0.6) is 0 Å². The Morgan fingerprint density at radius 2 is 0.886 bits per heavy atom. The van der Waals surface area contributed by atoms with Gasteiger partial charge in [-0.15, -0.1) is 0 Å². The molecule has 0 rings (SSSR count). The monoisotopic (exact) mass is 501 g/mol. The maximum absolute atomic E-state index is 11.3. The van der Waals surface area contributed by atoms with Crippen molar-refractivity contribution in [1.82, 2.24) is 0 Å². The van der Waals surface area contributed by atoms with Gasteiger partial charge < -0.3 is 20.7 Å². The number of esters is 1. The first-order valence-corrected chi connectivity index (χ1v) is 15.3. The molecule has 0 saturated carbocycles. The third-order valence-corrected chi connectivity index (χ3v) is 6.54. The minimum atomic E-state index is -2.31. The van der Waals surface area contributed by atoms with E-state index in [-0.39, 0.29) is 13.0 Å². The normalized spacial score (nSPS) is 11.3. The molecule has 212 valence electrons. The van der Waals surface area contributed by atoms with Gasteiger partial charge in [-0.1, -0.05) is 142 Å². The summed E-state index contributed by atoms with van der Waals surface area (Å²) in [7, 11) is 0. The summed E-state index contributed by atoms with van der Waals surface area (Å²) in [6, 6.07) is 0. The molecule has 0 fully saturated rings. The summed E-state index contributed by atoms with van der Waals surface area (Å²) in [4.78, 5) is 11.3. The van der Waals surface area contributed by atoms with Gasteiger partial charge in [0.25, 0.3) is 5.79 Å². The maximum atomic E-state index is 11.3. The molecule has 0 unspecified atom stereocenters. The molecule has 0 amide bonds. The Kier molecular flexibility index (Phi) is 30.9. The number of carbonyl (C=O) groups is 1. The van der Waals surface area contributed by atoms with Crippen molar-refractivity contribution < 1.29 is 19.7 Å². The Morgan fingerprint density at radius 1 is 0.571 bits per heavy atom. The minimum Gasteiger partial charge on any atom is -0.462 e. The zero-order valence-electron chi connectivity index (χ0n) is 24.0. The van der Waals surface area contributed by atoms with Crippen molar-refractivity contribution in [2.45, 2.75) is 174 Å². The molecule has 0 atom stereocenters. The van der Waals surface area contributed by atoms with Crippen LogP contribution in [-0.2, 0) is 9.53 Å². The third-order valence-electron chi connectivity index (χ3n) is 6.54. The lowest BCUT2D eigenvalue weighted by atomic mass is 10.0. The second-order valence-corrected chi connectivity index (χ2v) is 10.1. The van der Waals surface area contributed by atoms with Gasteiger partial charge in [0.05, 0.1) is 6.61 Å². The van der Waals surface area contributed by atoms with Crippen LogP contribution in [0, 0.1) is 0 Å². The lowest BCUT2D eigenvalue weighted by Gasteiger charge is -2.19. The summed E-state index contributed by atoms with van der Waals surface area (Å²) in [6.45, 7) is 7.20. The van der Waals surface area contributed by atoms with Crippen LogP contribution >= 0.6 is 0 Å². The van der Waals surface area contributed by atoms with Crippen LogP contribution in [0.2, 0.25) is 0 Å². The summed E-state index contributed by atoms with van der Waals surface area (Å²) in [6.07, 6.45) is 28.4. The Balaban J connectivity index is 0. The van der Waals surface area contributed by atoms with Crippen molar-refractivity contribution in [3.8, 4) is 0 Å². The van der Waals surface area contributed by atoms with Gasteiger partial charge >= 0.3 is 5.97 Å². The van der Waals surface area contributed by atoms with Gasteiger partial charge in [-0.25, -0.2) is 4.79 Å². The molecule has 0 aliphatic carbocycles. The number of ether oxygens (including phenoxy) is 1. The maximum Gasteiger partial charge on any atom is 0.366 e. The predicted octanol–water partition coefficient (Wildman–Crippen LogP) is 8.19. The lowest BCUT2D eigenvalue weighted by Crippen LogP contribution is -2.39. The SMILES string of the molecule is CCCCCCCCCCCCCCCCC(O)(O)C(=O)OCC.CCCCCCCCCCN. The van der Waals surface area contributed by atoms with E-state index in [0.717, 1.165) is 19.4 Å². The molecule has 4 N–H and O–H groups in total. The van der Waals surface area contributed by atoms with E-state index < -0.39 is 11.8 Å². The average molecular weight is 502 g/mol. The highest BCUT2D eigenvalue weighted by molar-refractivity contribution is 5.77. The van der Waals surface area contributed by atoms with Crippen LogP contribution in [0.3, 0.4) is 0 Å². The van der Waals surface area contributed by atoms with Crippen LogP contribution in [0.15, 0.2) is 0 Å². The molecule has 0 heterocycles.